The normalized spacial score (nSPS) is 28.7. The van der Waals surface area contributed by atoms with Crippen molar-refractivity contribution < 1.29 is 28.7 Å². The number of alkyl halides is 2. The summed E-state index contributed by atoms with van der Waals surface area (Å²) in [5.74, 6) is -2.41. The number of hydrogen-bond donors (Lipinski definition) is 1. The molecule has 1 N–H and O–H groups in total. The van der Waals surface area contributed by atoms with Crippen molar-refractivity contribution in [2.45, 2.75) is 17.2 Å². The maximum Gasteiger partial charge on any atom is 0.338 e. The smallest absolute Gasteiger partial charge is 0.338 e. The van der Waals surface area contributed by atoms with E-state index in [9.17, 15) is 19.2 Å². The first kappa shape index (κ1) is 23.6. The van der Waals surface area contributed by atoms with Crippen LogP contribution >= 0.6 is 23.2 Å². The second-order valence-electron chi connectivity index (χ2n) is 8.89. The number of halogens is 2. The number of methoxy groups -OCH3 is 1. The third-order valence-corrected chi connectivity index (χ3v) is 8.38. The number of esters is 1. The molecule has 2 aliphatic carbocycles. The van der Waals surface area contributed by atoms with Crippen molar-refractivity contribution in [1.29, 1.82) is 0 Å². The number of carbonyl (C=O) groups is 4. The summed E-state index contributed by atoms with van der Waals surface area (Å²) in [5, 5.41) is 1.98. The summed E-state index contributed by atoms with van der Waals surface area (Å²) >= 11 is 12.8. The third kappa shape index (κ3) is 3.94. The number of ether oxygens (including phenoxy) is 2. The van der Waals surface area contributed by atoms with E-state index in [1.54, 1.807) is 24.3 Å². The van der Waals surface area contributed by atoms with Gasteiger partial charge in [-0.2, -0.15) is 0 Å². The highest BCUT2D eigenvalue weighted by atomic mass is 35.5. The summed E-state index contributed by atoms with van der Waals surface area (Å²) in [7, 11) is 1.48. The molecule has 0 aromatic heterocycles. The lowest BCUT2D eigenvalue weighted by atomic mass is 9.80. The summed E-state index contributed by atoms with van der Waals surface area (Å²) in [4.78, 5) is 51.9. The molecule has 2 aromatic carbocycles. The first-order chi connectivity index (χ1) is 16.8. The van der Waals surface area contributed by atoms with Crippen molar-refractivity contribution in [1.82, 2.24) is 0 Å². The van der Waals surface area contributed by atoms with Crippen molar-refractivity contribution in [2.24, 2.45) is 23.7 Å². The van der Waals surface area contributed by atoms with E-state index in [4.69, 9.17) is 32.7 Å². The quantitative estimate of drug-likeness (QED) is 0.358. The molecule has 8 nitrogen and oxygen atoms in total. The summed E-state index contributed by atoms with van der Waals surface area (Å²) in [6.45, 7) is -0.493. The van der Waals surface area contributed by atoms with Gasteiger partial charge in [0.15, 0.2) is 6.61 Å². The lowest BCUT2D eigenvalue weighted by molar-refractivity contribution is -0.123. The van der Waals surface area contributed by atoms with Gasteiger partial charge in [-0.15, -0.1) is 23.2 Å². The molecule has 0 unspecified atom stereocenters. The fourth-order valence-electron chi connectivity index (χ4n) is 5.50. The van der Waals surface area contributed by atoms with Gasteiger partial charge in [-0.25, -0.2) is 4.79 Å². The Hall–Kier alpha value is -3.10. The van der Waals surface area contributed by atoms with Gasteiger partial charge >= 0.3 is 5.97 Å². The highest BCUT2D eigenvalue weighted by Gasteiger charge is 2.66. The molecule has 3 fully saturated rings. The Morgan fingerprint density at radius 3 is 2.17 bits per heavy atom. The number of amides is 3. The van der Waals surface area contributed by atoms with E-state index in [0.717, 1.165) is 0 Å². The third-order valence-electron chi connectivity index (χ3n) is 7.06. The van der Waals surface area contributed by atoms with Crippen LogP contribution in [0.5, 0.6) is 5.75 Å². The number of fused-ring (bicyclic) bond motifs is 5. The lowest BCUT2D eigenvalue weighted by Crippen LogP contribution is -2.37. The zero-order valence-electron chi connectivity index (χ0n) is 18.6. The second-order valence-corrected chi connectivity index (χ2v) is 9.90. The molecule has 10 heteroatoms. The predicted molar refractivity (Wildman–Crippen MR) is 129 cm³/mol. The fraction of sp³-hybridized carbons (Fsp3) is 0.360. The van der Waals surface area contributed by atoms with Crippen molar-refractivity contribution in [3.8, 4) is 5.75 Å². The number of benzene rings is 2. The van der Waals surface area contributed by atoms with Gasteiger partial charge in [0, 0.05) is 0 Å². The molecule has 0 radical (unpaired) electrons. The monoisotopic (exact) mass is 516 g/mol. The maximum atomic E-state index is 13.1. The molecule has 1 aliphatic heterocycles. The Balaban J connectivity index is 1.22. The van der Waals surface area contributed by atoms with Crippen molar-refractivity contribution >= 4 is 58.3 Å². The largest absolute Gasteiger partial charge is 0.495 e. The minimum absolute atomic E-state index is 0.105. The summed E-state index contributed by atoms with van der Waals surface area (Å²) in [6.07, 6.45) is 0.693. The molecule has 2 aromatic rings. The van der Waals surface area contributed by atoms with E-state index in [-0.39, 0.29) is 40.0 Å². The Morgan fingerprint density at radius 1 is 0.971 bits per heavy atom. The van der Waals surface area contributed by atoms with Crippen LogP contribution in [0.2, 0.25) is 0 Å². The van der Waals surface area contributed by atoms with E-state index in [1.807, 2.05) is 0 Å². The number of nitrogens with zero attached hydrogens (tertiary/aromatic N) is 1. The molecular weight excluding hydrogens is 495 g/mol. The van der Waals surface area contributed by atoms with E-state index < -0.39 is 30.3 Å². The number of imide groups is 1. The maximum absolute atomic E-state index is 13.1. The van der Waals surface area contributed by atoms with Crippen molar-refractivity contribution in [3.63, 3.8) is 0 Å². The molecule has 3 aliphatic rings. The second kappa shape index (κ2) is 9.17. The molecule has 2 saturated carbocycles. The highest BCUT2D eigenvalue weighted by molar-refractivity contribution is 6.32. The number of anilines is 2. The minimum Gasteiger partial charge on any atom is -0.495 e. The SMILES string of the molecule is COc1ccccc1NC(=O)COC(=O)c1ccc(N2C(=O)[C@@H]3[C@H]4C[C@@H]([C@@H](Cl)[C@H]4Cl)[C@H]3C2=O)cc1. The number of nitrogens with one attached hydrogen (secondary N) is 1. The van der Waals surface area contributed by atoms with E-state index in [0.29, 0.717) is 23.5 Å². The van der Waals surface area contributed by atoms with Gasteiger partial charge in [0.1, 0.15) is 5.75 Å². The summed E-state index contributed by atoms with van der Waals surface area (Å²) < 4.78 is 10.3. The average Bonchev–Trinajstić information content (AvgIpc) is 3.47. The topological polar surface area (TPSA) is 102 Å². The Morgan fingerprint density at radius 2 is 1.57 bits per heavy atom. The average molecular weight is 517 g/mol. The molecule has 35 heavy (non-hydrogen) atoms. The summed E-state index contributed by atoms with van der Waals surface area (Å²) in [6, 6.07) is 12.8. The van der Waals surface area contributed by atoms with E-state index in [2.05, 4.69) is 5.32 Å². The van der Waals surface area contributed by atoms with Gasteiger partial charge in [-0.3, -0.25) is 19.3 Å². The minimum atomic E-state index is -0.712. The molecule has 6 atom stereocenters. The van der Waals surface area contributed by atoms with Crippen LogP contribution in [0.15, 0.2) is 48.5 Å². The number of para-hydroxylation sites is 2. The van der Waals surface area contributed by atoms with Crippen molar-refractivity contribution in [2.75, 3.05) is 23.9 Å². The molecule has 1 saturated heterocycles. The van der Waals surface area contributed by atoms with Crippen LogP contribution in [-0.2, 0) is 19.1 Å². The van der Waals surface area contributed by atoms with Crippen LogP contribution in [0.25, 0.3) is 0 Å². The molecule has 182 valence electrons. The Labute approximate surface area is 211 Å². The molecular formula is C25H22Cl2N2O6. The van der Waals surface area contributed by atoms with Crippen LogP contribution < -0.4 is 15.0 Å². The first-order valence-corrected chi connectivity index (χ1v) is 12.0. The number of hydrogen-bond acceptors (Lipinski definition) is 6. The number of rotatable bonds is 6. The lowest BCUT2D eigenvalue weighted by Gasteiger charge is -2.28. The molecule has 2 bridgehead atoms. The van der Waals surface area contributed by atoms with E-state index >= 15 is 0 Å². The standard InChI is InChI=1S/C25H22Cl2N2O6/c1-34-17-5-3-2-4-16(17)28-18(30)11-35-25(33)12-6-8-13(9-7-12)29-23(31)19-14-10-15(20(19)24(29)32)22(27)21(14)26/h2-9,14-15,19-22H,10-11H2,1H3,(H,28,30)/t14-,15-,19-,20-,21-,22+/m1/s1. The van der Waals surface area contributed by atoms with Gasteiger partial charge in [0.25, 0.3) is 5.91 Å². The van der Waals surface area contributed by atoms with Gasteiger partial charge in [0.2, 0.25) is 11.8 Å². The summed E-state index contributed by atoms with van der Waals surface area (Å²) in [5.41, 5.74) is 1.01. The van der Waals surface area contributed by atoms with Gasteiger partial charge in [-0.1, -0.05) is 12.1 Å². The molecule has 3 amide bonds. The predicted octanol–water partition coefficient (Wildman–Crippen LogP) is 3.46. The number of carbonyl (C=O) groups excluding carboxylic acids is 4. The van der Waals surface area contributed by atoms with Crippen LogP contribution in [0.4, 0.5) is 11.4 Å². The van der Waals surface area contributed by atoms with Gasteiger partial charge in [0.05, 0.1) is 46.6 Å². The van der Waals surface area contributed by atoms with Crippen molar-refractivity contribution in [3.05, 3.63) is 54.1 Å². The molecule has 0 spiro atoms. The zero-order chi connectivity index (χ0) is 24.9. The van der Waals surface area contributed by atoms with Crippen LogP contribution in [0.1, 0.15) is 16.8 Å². The molecule has 1 heterocycles. The zero-order valence-corrected chi connectivity index (χ0v) is 20.2. The van der Waals surface area contributed by atoms with Gasteiger partial charge < -0.3 is 14.8 Å². The van der Waals surface area contributed by atoms with Crippen LogP contribution in [0.3, 0.4) is 0 Å². The highest BCUT2D eigenvalue weighted by Crippen LogP contribution is 2.59. The van der Waals surface area contributed by atoms with Crippen LogP contribution in [0, 0.1) is 23.7 Å². The van der Waals surface area contributed by atoms with Gasteiger partial charge in [-0.05, 0) is 54.7 Å². The molecule has 5 rings (SSSR count). The fourth-order valence-corrected chi connectivity index (χ4v) is 6.39. The first-order valence-electron chi connectivity index (χ1n) is 11.2. The van der Waals surface area contributed by atoms with Crippen LogP contribution in [-0.4, -0.2) is 48.2 Å². The van der Waals surface area contributed by atoms with E-state index in [1.165, 1.54) is 36.3 Å². The Kier molecular flexibility index (Phi) is 6.19. The Bertz CT molecular complexity index is 1170.